The molecule has 5 rings (SSSR count). The lowest BCUT2D eigenvalue weighted by atomic mass is 9.53. The van der Waals surface area contributed by atoms with Gasteiger partial charge in [0.1, 0.15) is 0 Å². The van der Waals surface area contributed by atoms with Gasteiger partial charge < -0.3 is 15.5 Å². The average molecular weight is 428 g/mol. The molecular weight excluding hydrogens is 392 g/mol. The van der Waals surface area contributed by atoms with E-state index in [-0.39, 0.29) is 36.5 Å². The Morgan fingerprint density at radius 2 is 1.55 bits per heavy atom. The summed E-state index contributed by atoms with van der Waals surface area (Å²) in [5.74, 6) is 1.67. The minimum absolute atomic E-state index is 0.0640. The summed E-state index contributed by atoms with van der Waals surface area (Å²) in [4.78, 5) is 38.0. The Labute approximate surface area is 184 Å². The van der Waals surface area contributed by atoms with Crippen LogP contribution in [0.1, 0.15) is 49.7 Å². The number of carbonyl (C=O) groups excluding carboxylic acids is 3. The van der Waals surface area contributed by atoms with E-state index in [9.17, 15) is 14.4 Å². The van der Waals surface area contributed by atoms with Crippen LogP contribution in [0.5, 0.6) is 0 Å². The molecule has 4 aliphatic rings. The molecule has 31 heavy (non-hydrogen) atoms. The predicted molar refractivity (Wildman–Crippen MR) is 119 cm³/mol. The highest BCUT2D eigenvalue weighted by molar-refractivity contribution is 5.95. The monoisotopic (exact) mass is 427 g/mol. The Balaban J connectivity index is 1.22. The van der Waals surface area contributed by atoms with E-state index in [0.717, 1.165) is 58.7 Å². The second kappa shape index (κ2) is 8.61. The maximum absolute atomic E-state index is 12.5. The summed E-state index contributed by atoms with van der Waals surface area (Å²) < 4.78 is 0. The fourth-order valence-electron chi connectivity index (χ4n) is 6.40. The van der Waals surface area contributed by atoms with Crippen LogP contribution in [-0.4, -0.2) is 43.5 Å². The molecule has 0 heterocycles. The smallest absolute Gasteiger partial charge is 0.322 e. The number of likely N-dealkylation sites (N-methyl/N-ethyl adjacent to an activating group) is 1. The number of hydrogen-bond acceptors (Lipinski definition) is 3. The van der Waals surface area contributed by atoms with Crippen molar-refractivity contribution < 1.29 is 19.3 Å². The number of carbonyl (C=O) groups is 3. The number of nitrogens with one attached hydrogen (secondary N) is 4. The third-order valence-electron chi connectivity index (χ3n) is 7.47. The summed E-state index contributed by atoms with van der Waals surface area (Å²) in [5.41, 5.74) is 2.82. The van der Waals surface area contributed by atoms with Crippen molar-refractivity contribution in [2.75, 3.05) is 25.5 Å². The molecule has 1 aromatic carbocycles. The number of amides is 4. The van der Waals surface area contributed by atoms with Crippen LogP contribution in [0, 0.1) is 31.6 Å². The van der Waals surface area contributed by atoms with E-state index in [2.05, 4.69) is 16.0 Å². The van der Waals surface area contributed by atoms with Crippen LogP contribution >= 0.6 is 0 Å². The summed E-state index contributed by atoms with van der Waals surface area (Å²) in [5, 5.41) is 8.55. The first-order valence-electron chi connectivity index (χ1n) is 11.5. The van der Waals surface area contributed by atoms with Crippen molar-refractivity contribution in [2.24, 2.45) is 17.8 Å². The average Bonchev–Trinajstić information content (AvgIpc) is 2.63. The van der Waals surface area contributed by atoms with Gasteiger partial charge in [-0.05, 0) is 87.3 Å². The Morgan fingerprint density at radius 1 is 0.968 bits per heavy atom. The minimum Gasteiger partial charge on any atom is -0.332 e. The molecule has 1 aromatic rings. The number of anilines is 1. The standard InChI is InChI=1S/C24H34N4O3/c1-15-5-4-6-20(16(15)2)25-21(29)13-28(3)14-22(30)26-23(31)27-24-10-17-7-18(11-24)9-19(8-17)12-24/h4-6,17-19H,7-14H2,1-3H3,(H,25,29)(H2,26,27,30,31)/p+1. The van der Waals surface area contributed by atoms with E-state index in [1.807, 2.05) is 32.0 Å². The fraction of sp³-hybridized carbons (Fsp3) is 0.625. The lowest BCUT2D eigenvalue weighted by Crippen LogP contribution is -3.11. The Morgan fingerprint density at radius 3 is 2.16 bits per heavy atom. The molecule has 4 N–H and O–H groups in total. The zero-order valence-corrected chi connectivity index (χ0v) is 18.8. The van der Waals surface area contributed by atoms with Crippen molar-refractivity contribution in [1.29, 1.82) is 0 Å². The molecule has 1 atom stereocenters. The van der Waals surface area contributed by atoms with Crippen LogP contribution in [0.3, 0.4) is 0 Å². The van der Waals surface area contributed by atoms with Gasteiger partial charge in [0.25, 0.3) is 11.8 Å². The highest BCUT2D eigenvalue weighted by atomic mass is 16.2. The van der Waals surface area contributed by atoms with Crippen LogP contribution in [0.2, 0.25) is 0 Å². The summed E-state index contributed by atoms with van der Waals surface area (Å²) in [6, 6.07) is 5.39. The van der Waals surface area contributed by atoms with Gasteiger partial charge in [-0.3, -0.25) is 14.9 Å². The maximum Gasteiger partial charge on any atom is 0.322 e. The number of benzene rings is 1. The third kappa shape index (κ3) is 5.09. The normalized spacial score (nSPS) is 29.3. The van der Waals surface area contributed by atoms with Crippen molar-refractivity contribution in [3.8, 4) is 0 Å². The predicted octanol–water partition coefficient (Wildman–Crippen LogP) is 1.55. The molecule has 7 heteroatoms. The van der Waals surface area contributed by atoms with Crippen molar-refractivity contribution in [3.63, 3.8) is 0 Å². The molecule has 7 nitrogen and oxygen atoms in total. The summed E-state index contributed by atoms with van der Waals surface area (Å²) in [6.07, 6.45) is 7.05. The molecular formula is C24H35N4O3+. The Hall–Kier alpha value is -2.41. The largest absolute Gasteiger partial charge is 0.332 e. The number of urea groups is 1. The molecule has 4 saturated carbocycles. The minimum atomic E-state index is -0.389. The van der Waals surface area contributed by atoms with Gasteiger partial charge in [0.2, 0.25) is 0 Å². The maximum atomic E-state index is 12.5. The number of quaternary nitrogens is 1. The number of rotatable bonds is 6. The highest BCUT2D eigenvalue weighted by Crippen LogP contribution is 2.55. The van der Waals surface area contributed by atoms with Crippen LogP contribution in [0.4, 0.5) is 10.5 Å². The first-order chi connectivity index (χ1) is 14.7. The molecule has 4 aliphatic carbocycles. The van der Waals surface area contributed by atoms with Gasteiger partial charge in [-0.25, -0.2) is 4.79 Å². The topological polar surface area (TPSA) is 91.7 Å². The summed E-state index contributed by atoms with van der Waals surface area (Å²) in [7, 11) is 1.78. The molecule has 0 aromatic heterocycles. The molecule has 0 saturated heterocycles. The van der Waals surface area contributed by atoms with Gasteiger partial charge in [-0.15, -0.1) is 0 Å². The Kier molecular flexibility index (Phi) is 6.06. The van der Waals surface area contributed by atoms with E-state index in [0.29, 0.717) is 0 Å². The van der Waals surface area contributed by atoms with Gasteiger partial charge in [-0.2, -0.15) is 0 Å². The molecule has 168 valence electrons. The van der Waals surface area contributed by atoms with Crippen molar-refractivity contribution in [1.82, 2.24) is 10.6 Å². The first-order valence-corrected chi connectivity index (χ1v) is 11.5. The molecule has 4 fully saturated rings. The van der Waals surface area contributed by atoms with E-state index in [1.54, 1.807) is 7.05 Å². The lowest BCUT2D eigenvalue weighted by molar-refractivity contribution is -0.862. The fourth-order valence-corrected chi connectivity index (χ4v) is 6.40. The summed E-state index contributed by atoms with van der Waals surface area (Å²) >= 11 is 0. The van der Waals surface area contributed by atoms with Crippen molar-refractivity contribution in [3.05, 3.63) is 29.3 Å². The molecule has 0 spiro atoms. The van der Waals surface area contributed by atoms with E-state index in [4.69, 9.17) is 0 Å². The van der Waals surface area contributed by atoms with E-state index >= 15 is 0 Å². The molecule has 4 bridgehead atoms. The van der Waals surface area contributed by atoms with Crippen molar-refractivity contribution >= 4 is 23.5 Å². The van der Waals surface area contributed by atoms with Gasteiger partial charge in [-0.1, -0.05) is 12.1 Å². The first kappa shape index (κ1) is 21.8. The van der Waals surface area contributed by atoms with Gasteiger partial charge in [0, 0.05) is 11.2 Å². The van der Waals surface area contributed by atoms with Crippen LogP contribution < -0.4 is 20.9 Å². The SMILES string of the molecule is Cc1cccc(NC(=O)C[NH+](C)CC(=O)NC(=O)NC23CC4CC(CC(C4)C2)C3)c1C. The van der Waals surface area contributed by atoms with Gasteiger partial charge >= 0.3 is 6.03 Å². The van der Waals surface area contributed by atoms with Crippen LogP contribution in [0.15, 0.2) is 18.2 Å². The third-order valence-corrected chi connectivity index (χ3v) is 7.47. The number of imide groups is 1. The zero-order chi connectivity index (χ0) is 22.2. The molecule has 4 amide bonds. The van der Waals surface area contributed by atoms with Gasteiger partial charge in [0.15, 0.2) is 13.1 Å². The van der Waals surface area contributed by atoms with E-state index < -0.39 is 0 Å². The molecule has 0 aliphatic heterocycles. The number of hydrogen-bond donors (Lipinski definition) is 4. The second-order valence-electron chi connectivity index (χ2n) is 10.3. The molecule has 1 unspecified atom stereocenters. The van der Waals surface area contributed by atoms with Gasteiger partial charge in [0.05, 0.1) is 7.05 Å². The van der Waals surface area contributed by atoms with Crippen LogP contribution in [-0.2, 0) is 9.59 Å². The zero-order valence-electron chi connectivity index (χ0n) is 18.8. The number of aryl methyl sites for hydroxylation is 1. The second-order valence-corrected chi connectivity index (χ2v) is 10.3. The molecule has 0 radical (unpaired) electrons. The van der Waals surface area contributed by atoms with Crippen molar-refractivity contribution in [2.45, 2.75) is 57.9 Å². The quantitative estimate of drug-likeness (QED) is 0.555. The highest BCUT2D eigenvalue weighted by Gasteiger charge is 2.51. The van der Waals surface area contributed by atoms with Crippen LogP contribution in [0.25, 0.3) is 0 Å². The lowest BCUT2D eigenvalue weighted by Gasteiger charge is -2.56. The summed E-state index contributed by atoms with van der Waals surface area (Å²) in [6.45, 7) is 4.18. The Bertz CT molecular complexity index is 846. The van der Waals surface area contributed by atoms with E-state index in [1.165, 1.54) is 19.3 Å².